The molecule has 0 fully saturated rings. The zero-order chi connectivity index (χ0) is 16.4. The van der Waals surface area contributed by atoms with Crippen LogP contribution >= 0.6 is 0 Å². The minimum atomic E-state index is -0.365. The minimum absolute atomic E-state index is 0.234. The molecule has 5 nitrogen and oxygen atoms in total. The lowest BCUT2D eigenvalue weighted by Crippen LogP contribution is -2.18. The Labute approximate surface area is 131 Å². The van der Waals surface area contributed by atoms with E-state index in [2.05, 4.69) is 15.6 Å². The molecule has 0 radical (unpaired) electrons. The Balaban J connectivity index is 1.84. The fourth-order valence-electron chi connectivity index (χ4n) is 2.31. The highest BCUT2D eigenvalue weighted by atomic mass is 19.1. The Bertz CT molecular complexity index is 902. The smallest absolute Gasteiger partial charge is 0.272 e. The molecular weight excluding hydrogens is 297 g/mol. The number of aromatic amines is 1. The van der Waals surface area contributed by atoms with Crippen molar-refractivity contribution in [1.82, 2.24) is 10.3 Å². The van der Waals surface area contributed by atoms with Gasteiger partial charge in [-0.3, -0.25) is 9.59 Å². The van der Waals surface area contributed by atoms with Gasteiger partial charge in [-0.25, -0.2) is 4.39 Å². The molecular formula is C17H14FN3O2. The number of carbonyl (C=O) groups is 2. The molecule has 2 aromatic carbocycles. The number of amides is 2. The Morgan fingerprint density at radius 3 is 2.65 bits per heavy atom. The highest BCUT2D eigenvalue weighted by molar-refractivity contribution is 6.06. The maximum atomic E-state index is 13.2. The molecule has 3 rings (SSSR count). The molecule has 0 unspecified atom stereocenters. The van der Waals surface area contributed by atoms with E-state index in [0.29, 0.717) is 27.8 Å². The molecule has 0 saturated carbocycles. The van der Waals surface area contributed by atoms with Crippen LogP contribution in [-0.2, 0) is 0 Å². The highest BCUT2D eigenvalue weighted by Crippen LogP contribution is 2.18. The van der Waals surface area contributed by atoms with Crippen molar-refractivity contribution in [3.05, 3.63) is 65.6 Å². The summed E-state index contributed by atoms with van der Waals surface area (Å²) in [4.78, 5) is 26.8. The maximum Gasteiger partial charge on any atom is 0.272 e. The van der Waals surface area contributed by atoms with E-state index < -0.39 is 0 Å². The van der Waals surface area contributed by atoms with Crippen LogP contribution in [0.3, 0.4) is 0 Å². The quantitative estimate of drug-likeness (QED) is 0.696. The number of rotatable bonds is 3. The van der Waals surface area contributed by atoms with Crippen LogP contribution in [0.5, 0.6) is 0 Å². The third-order valence-electron chi connectivity index (χ3n) is 3.44. The molecule has 116 valence electrons. The second-order valence-corrected chi connectivity index (χ2v) is 5.03. The van der Waals surface area contributed by atoms with E-state index in [-0.39, 0.29) is 17.6 Å². The van der Waals surface area contributed by atoms with Gasteiger partial charge in [-0.15, -0.1) is 0 Å². The third-order valence-corrected chi connectivity index (χ3v) is 3.44. The number of H-pyrrole nitrogens is 1. The van der Waals surface area contributed by atoms with Crippen LogP contribution in [0.15, 0.2) is 48.5 Å². The average Bonchev–Trinajstić information content (AvgIpc) is 2.97. The third kappa shape index (κ3) is 3.06. The number of hydrogen-bond donors (Lipinski definition) is 3. The largest absolute Gasteiger partial charge is 0.355 e. The van der Waals surface area contributed by atoms with Crippen LogP contribution in [-0.4, -0.2) is 23.8 Å². The van der Waals surface area contributed by atoms with Crippen molar-refractivity contribution in [2.45, 2.75) is 0 Å². The normalized spacial score (nSPS) is 10.5. The number of anilines is 1. The standard InChI is InChI=1S/C17H14FN3O2/c1-19-16(22)10-3-2-4-13(8-10)20-17(23)15-9-11-7-12(18)5-6-14(11)21-15/h2-9,21H,1H3,(H,19,22)(H,20,23). The predicted molar refractivity (Wildman–Crippen MR) is 86.0 cm³/mol. The summed E-state index contributed by atoms with van der Waals surface area (Å²) in [7, 11) is 1.54. The molecule has 0 saturated heterocycles. The molecule has 0 spiro atoms. The summed E-state index contributed by atoms with van der Waals surface area (Å²) in [6.45, 7) is 0. The highest BCUT2D eigenvalue weighted by Gasteiger charge is 2.11. The van der Waals surface area contributed by atoms with Crippen molar-refractivity contribution in [2.75, 3.05) is 12.4 Å². The van der Waals surface area contributed by atoms with Crippen molar-refractivity contribution < 1.29 is 14.0 Å². The van der Waals surface area contributed by atoms with E-state index >= 15 is 0 Å². The fourth-order valence-corrected chi connectivity index (χ4v) is 2.31. The Morgan fingerprint density at radius 1 is 1.04 bits per heavy atom. The molecule has 1 aromatic heterocycles. The van der Waals surface area contributed by atoms with Gasteiger partial charge < -0.3 is 15.6 Å². The number of nitrogens with one attached hydrogen (secondary N) is 3. The predicted octanol–water partition coefficient (Wildman–Crippen LogP) is 2.92. The van der Waals surface area contributed by atoms with Crippen molar-refractivity contribution in [2.24, 2.45) is 0 Å². The SMILES string of the molecule is CNC(=O)c1cccc(NC(=O)c2cc3cc(F)ccc3[nH]2)c1. The minimum Gasteiger partial charge on any atom is -0.355 e. The van der Waals surface area contributed by atoms with Gasteiger partial charge in [0.2, 0.25) is 0 Å². The molecule has 2 amide bonds. The van der Waals surface area contributed by atoms with Gasteiger partial charge in [0.1, 0.15) is 11.5 Å². The van der Waals surface area contributed by atoms with Gasteiger partial charge in [-0.2, -0.15) is 0 Å². The topological polar surface area (TPSA) is 74.0 Å². The first kappa shape index (κ1) is 14.8. The van der Waals surface area contributed by atoms with Crippen LogP contribution in [0.4, 0.5) is 10.1 Å². The van der Waals surface area contributed by atoms with E-state index in [1.807, 2.05) is 0 Å². The fraction of sp³-hybridized carbons (Fsp3) is 0.0588. The van der Waals surface area contributed by atoms with Gasteiger partial charge in [0.25, 0.3) is 11.8 Å². The van der Waals surface area contributed by atoms with Crippen LogP contribution in [0.2, 0.25) is 0 Å². The van der Waals surface area contributed by atoms with Crippen LogP contribution < -0.4 is 10.6 Å². The van der Waals surface area contributed by atoms with Gasteiger partial charge >= 0.3 is 0 Å². The average molecular weight is 311 g/mol. The van der Waals surface area contributed by atoms with Gasteiger partial charge in [-0.05, 0) is 42.5 Å². The van der Waals surface area contributed by atoms with Crippen LogP contribution in [0.25, 0.3) is 10.9 Å². The van der Waals surface area contributed by atoms with E-state index in [1.165, 1.54) is 19.2 Å². The summed E-state index contributed by atoms with van der Waals surface area (Å²) in [6, 6.07) is 12.4. The van der Waals surface area contributed by atoms with Gasteiger partial charge in [0.05, 0.1) is 0 Å². The van der Waals surface area contributed by atoms with Crippen molar-refractivity contribution in [1.29, 1.82) is 0 Å². The molecule has 0 aliphatic rings. The van der Waals surface area contributed by atoms with E-state index in [1.54, 1.807) is 36.4 Å². The molecule has 3 N–H and O–H groups in total. The molecule has 6 heteroatoms. The summed E-state index contributed by atoms with van der Waals surface area (Å²) in [5.74, 6) is -0.959. The lowest BCUT2D eigenvalue weighted by Gasteiger charge is -2.06. The molecule has 0 aliphatic heterocycles. The van der Waals surface area contributed by atoms with Crippen LogP contribution in [0, 0.1) is 5.82 Å². The van der Waals surface area contributed by atoms with Crippen LogP contribution in [0.1, 0.15) is 20.8 Å². The summed E-state index contributed by atoms with van der Waals surface area (Å²) >= 11 is 0. The lowest BCUT2D eigenvalue weighted by atomic mass is 10.2. The summed E-state index contributed by atoms with van der Waals surface area (Å²) in [5.41, 5.74) is 1.94. The Morgan fingerprint density at radius 2 is 1.87 bits per heavy atom. The van der Waals surface area contributed by atoms with Gasteiger partial charge in [0.15, 0.2) is 0 Å². The molecule has 0 bridgehead atoms. The summed E-state index contributed by atoms with van der Waals surface area (Å²) < 4.78 is 13.2. The summed E-state index contributed by atoms with van der Waals surface area (Å²) in [5, 5.41) is 5.85. The second-order valence-electron chi connectivity index (χ2n) is 5.03. The van der Waals surface area contributed by atoms with Gasteiger partial charge in [0, 0.05) is 29.2 Å². The first-order valence-corrected chi connectivity index (χ1v) is 6.98. The van der Waals surface area contributed by atoms with Crippen molar-refractivity contribution in [3.63, 3.8) is 0 Å². The van der Waals surface area contributed by atoms with Crippen molar-refractivity contribution in [3.8, 4) is 0 Å². The van der Waals surface area contributed by atoms with E-state index in [9.17, 15) is 14.0 Å². The van der Waals surface area contributed by atoms with E-state index in [4.69, 9.17) is 0 Å². The lowest BCUT2D eigenvalue weighted by molar-refractivity contribution is 0.0961. The Kier molecular flexibility index (Phi) is 3.80. The Hall–Kier alpha value is -3.15. The van der Waals surface area contributed by atoms with Gasteiger partial charge in [-0.1, -0.05) is 6.07 Å². The number of carbonyl (C=O) groups excluding carboxylic acids is 2. The van der Waals surface area contributed by atoms with Crippen molar-refractivity contribution >= 4 is 28.4 Å². The first-order chi connectivity index (χ1) is 11.1. The number of benzene rings is 2. The molecule has 0 aliphatic carbocycles. The second kappa shape index (κ2) is 5.92. The molecule has 1 heterocycles. The number of hydrogen-bond acceptors (Lipinski definition) is 2. The van der Waals surface area contributed by atoms with E-state index in [0.717, 1.165) is 0 Å². The number of fused-ring (bicyclic) bond motifs is 1. The number of aromatic nitrogens is 1. The molecule has 23 heavy (non-hydrogen) atoms. The molecule has 0 atom stereocenters. The monoisotopic (exact) mass is 311 g/mol. The zero-order valence-corrected chi connectivity index (χ0v) is 12.3. The maximum absolute atomic E-state index is 13.2. The number of halogens is 1. The first-order valence-electron chi connectivity index (χ1n) is 6.98. The summed E-state index contributed by atoms with van der Waals surface area (Å²) in [6.07, 6.45) is 0. The zero-order valence-electron chi connectivity index (χ0n) is 12.3. The molecule has 3 aromatic rings.